The molecule has 2 heteroatoms. The van der Waals surface area contributed by atoms with E-state index in [2.05, 4.69) is 17.2 Å². The van der Waals surface area contributed by atoms with E-state index >= 15 is 0 Å². The van der Waals surface area contributed by atoms with Crippen molar-refractivity contribution in [3.8, 4) is 11.8 Å². The normalized spacial score (nSPS) is 21.8. The molecule has 1 rings (SSSR count). The number of carbonyl (C=O) groups is 1. The van der Waals surface area contributed by atoms with Gasteiger partial charge in [0.1, 0.15) is 5.78 Å². The molecule has 72 valence electrons. The highest BCUT2D eigenvalue weighted by Gasteiger charge is 2.19. The standard InChI is InChI=1S/C11H17NO/c1-2-3-4-7-11(13)10-6-5-8-12-9-10/h10,12H,4-9H2,1H3. The minimum Gasteiger partial charge on any atom is -0.316 e. The highest BCUT2D eigenvalue weighted by atomic mass is 16.1. The lowest BCUT2D eigenvalue weighted by Crippen LogP contribution is -2.34. The van der Waals surface area contributed by atoms with Gasteiger partial charge in [-0.05, 0) is 26.3 Å². The van der Waals surface area contributed by atoms with Gasteiger partial charge in [-0.2, -0.15) is 0 Å². The maximum Gasteiger partial charge on any atom is 0.138 e. The van der Waals surface area contributed by atoms with E-state index in [1.165, 1.54) is 0 Å². The summed E-state index contributed by atoms with van der Waals surface area (Å²) in [4.78, 5) is 11.6. The Bertz CT molecular complexity index is 218. The van der Waals surface area contributed by atoms with Gasteiger partial charge < -0.3 is 5.32 Å². The van der Waals surface area contributed by atoms with Crippen LogP contribution in [0, 0.1) is 17.8 Å². The Hall–Kier alpha value is -0.810. The zero-order chi connectivity index (χ0) is 9.52. The van der Waals surface area contributed by atoms with Crippen LogP contribution in [0.1, 0.15) is 32.6 Å². The third kappa shape index (κ3) is 3.61. The molecular formula is C11H17NO. The minimum absolute atomic E-state index is 0.257. The van der Waals surface area contributed by atoms with Gasteiger partial charge >= 0.3 is 0 Å². The molecule has 0 spiro atoms. The highest BCUT2D eigenvalue weighted by Crippen LogP contribution is 2.13. The van der Waals surface area contributed by atoms with Crippen molar-refractivity contribution in [1.29, 1.82) is 0 Å². The molecule has 0 aromatic heterocycles. The van der Waals surface area contributed by atoms with Gasteiger partial charge in [0.25, 0.3) is 0 Å². The SMILES string of the molecule is CC#CCCC(=O)C1CCCNC1. The molecule has 1 atom stereocenters. The molecule has 1 aliphatic rings. The highest BCUT2D eigenvalue weighted by molar-refractivity contribution is 5.81. The Morgan fingerprint density at radius 2 is 2.46 bits per heavy atom. The van der Waals surface area contributed by atoms with Crippen molar-refractivity contribution in [1.82, 2.24) is 5.32 Å². The van der Waals surface area contributed by atoms with E-state index in [4.69, 9.17) is 0 Å². The first kappa shape index (κ1) is 10.3. The number of ketones is 1. The van der Waals surface area contributed by atoms with Gasteiger partial charge in [-0.1, -0.05) is 0 Å². The van der Waals surface area contributed by atoms with Crippen molar-refractivity contribution in [3.63, 3.8) is 0 Å². The van der Waals surface area contributed by atoms with Crippen LogP contribution in [0.4, 0.5) is 0 Å². The van der Waals surface area contributed by atoms with E-state index in [0.29, 0.717) is 12.2 Å². The molecule has 0 bridgehead atoms. The summed E-state index contributed by atoms with van der Waals surface area (Å²) in [6.45, 7) is 3.75. The summed E-state index contributed by atoms with van der Waals surface area (Å²) < 4.78 is 0. The average Bonchev–Trinajstić information content (AvgIpc) is 2.19. The molecule has 0 aliphatic carbocycles. The molecular weight excluding hydrogens is 162 g/mol. The van der Waals surface area contributed by atoms with Crippen molar-refractivity contribution in [2.24, 2.45) is 5.92 Å². The fourth-order valence-corrected chi connectivity index (χ4v) is 1.64. The molecule has 1 saturated heterocycles. The first-order chi connectivity index (χ1) is 6.34. The Balaban J connectivity index is 2.23. The number of Topliss-reactive ketones (excluding diaryl/α,β-unsaturated/α-hetero) is 1. The van der Waals surface area contributed by atoms with E-state index in [-0.39, 0.29) is 5.92 Å². The Labute approximate surface area is 80.1 Å². The molecule has 0 radical (unpaired) electrons. The van der Waals surface area contributed by atoms with E-state index in [9.17, 15) is 4.79 Å². The third-order valence-electron chi connectivity index (χ3n) is 2.43. The lowest BCUT2D eigenvalue weighted by Gasteiger charge is -2.20. The van der Waals surface area contributed by atoms with Gasteiger partial charge in [0.15, 0.2) is 0 Å². The molecule has 1 heterocycles. The van der Waals surface area contributed by atoms with Gasteiger partial charge in [-0.25, -0.2) is 0 Å². The van der Waals surface area contributed by atoms with Crippen LogP contribution in [0.25, 0.3) is 0 Å². The second-order valence-corrected chi connectivity index (χ2v) is 3.44. The van der Waals surface area contributed by atoms with E-state index < -0.39 is 0 Å². The summed E-state index contributed by atoms with van der Waals surface area (Å²) in [6, 6.07) is 0. The number of nitrogens with one attached hydrogen (secondary N) is 1. The summed E-state index contributed by atoms with van der Waals surface area (Å²) in [5.41, 5.74) is 0. The molecule has 0 aromatic carbocycles. The molecule has 13 heavy (non-hydrogen) atoms. The van der Waals surface area contributed by atoms with E-state index in [1.807, 2.05) is 6.92 Å². The van der Waals surface area contributed by atoms with Gasteiger partial charge in [0.2, 0.25) is 0 Å². The number of carbonyl (C=O) groups excluding carboxylic acids is 1. The monoisotopic (exact) mass is 179 g/mol. The maximum atomic E-state index is 11.6. The van der Waals surface area contributed by atoms with Gasteiger partial charge in [-0.15, -0.1) is 11.8 Å². The molecule has 0 amide bonds. The van der Waals surface area contributed by atoms with Crippen LogP contribution in [0.15, 0.2) is 0 Å². The molecule has 2 nitrogen and oxygen atoms in total. The number of piperidine rings is 1. The number of hydrogen-bond acceptors (Lipinski definition) is 2. The Morgan fingerprint density at radius 1 is 1.62 bits per heavy atom. The van der Waals surface area contributed by atoms with Crippen LogP contribution < -0.4 is 5.32 Å². The fourth-order valence-electron chi connectivity index (χ4n) is 1.64. The molecule has 1 unspecified atom stereocenters. The predicted molar refractivity (Wildman–Crippen MR) is 53.3 cm³/mol. The van der Waals surface area contributed by atoms with Crippen molar-refractivity contribution >= 4 is 5.78 Å². The first-order valence-corrected chi connectivity index (χ1v) is 4.97. The molecule has 1 aliphatic heterocycles. The second kappa shape index (κ2) is 5.77. The molecule has 0 saturated carbocycles. The summed E-state index contributed by atoms with van der Waals surface area (Å²) in [6.07, 6.45) is 3.56. The summed E-state index contributed by atoms with van der Waals surface area (Å²) >= 11 is 0. The van der Waals surface area contributed by atoms with Crippen LogP contribution >= 0.6 is 0 Å². The zero-order valence-corrected chi connectivity index (χ0v) is 8.23. The maximum absolute atomic E-state index is 11.6. The smallest absolute Gasteiger partial charge is 0.138 e. The third-order valence-corrected chi connectivity index (χ3v) is 2.43. The summed E-state index contributed by atoms with van der Waals surface area (Å²) in [7, 11) is 0. The lowest BCUT2D eigenvalue weighted by molar-refractivity contribution is -0.123. The van der Waals surface area contributed by atoms with E-state index in [1.54, 1.807) is 0 Å². The number of hydrogen-bond donors (Lipinski definition) is 1. The predicted octanol–water partition coefficient (Wildman–Crippen LogP) is 1.36. The minimum atomic E-state index is 0.257. The Morgan fingerprint density at radius 3 is 3.08 bits per heavy atom. The van der Waals surface area contributed by atoms with Crippen LogP contribution in [0.5, 0.6) is 0 Å². The van der Waals surface area contributed by atoms with Crippen LogP contribution in [0.2, 0.25) is 0 Å². The fraction of sp³-hybridized carbons (Fsp3) is 0.727. The second-order valence-electron chi connectivity index (χ2n) is 3.44. The molecule has 0 aromatic rings. The average molecular weight is 179 g/mol. The van der Waals surface area contributed by atoms with Gasteiger partial charge in [0, 0.05) is 25.3 Å². The van der Waals surface area contributed by atoms with Crippen molar-refractivity contribution in [2.75, 3.05) is 13.1 Å². The summed E-state index contributed by atoms with van der Waals surface area (Å²) in [5.74, 6) is 6.38. The lowest BCUT2D eigenvalue weighted by atomic mass is 9.93. The van der Waals surface area contributed by atoms with Crippen LogP contribution in [0.3, 0.4) is 0 Å². The van der Waals surface area contributed by atoms with Gasteiger partial charge in [-0.3, -0.25) is 4.79 Å². The molecule has 1 N–H and O–H groups in total. The van der Waals surface area contributed by atoms with Crippen molar-refractivity contribution in [2.45, 2.75) is 32.6 Å². The zero-order valence-electron chi connectivity index (χ0n) is 8.23. The molecule has 1 fully saturated rings. The van der Waals surface area contributed by atoms with Crippen LogP contribution in [-0.4, -0.2) is 18.9 Å². The topological polar surface area (TPSA) is 29.1 Å². The van der Waals surface area contributed by atoms with Crippen LogP contribution in [-0.2, 0) is 4.79 Å². The quantitative estimate of drug-likeness (QED) is 0.663. The first-order valence-electron chi connectivity index (χ1n) is 4.97. The number of rotatable bonds is 3. The van der Waals surface area contributed by atoms with Gasteiger partial charge in [0.05, 0.1) is 0 Å². The largest absolute Gasteiger partial charge is 0.316 e. The van der Waals surface area contributed by atoms with E-state index in [0.717, 1.165) is 32.4 Å². The van der Waals surface area contributed by atoms with Crippen molar-refractivity contribution < 1.29 is 4.79 Å². The summed E-state index contributed by atoms with van der Waals surface area (Å²) in [5, 5.41) is 3.25. The Kier molecular flexibility index (Phi) is 4.56. The van der Waals surface area contributed by atoms with Crippen molar-refractivity contribution in [3.05, 3.63) is 0 Å².